The standard InChI is InChI=1S/C12H13ClO/c1-9(14)11(12(13)7-8-12)10-5-3-2-4-6-10/h2-6,11H,7-8H2,1H3. The smallest absolute Gasteiger partial charge is 0.139 e. The zero-order chi connectivity index (χ0) is 10.2. The van der Waals surface area contributed by atoms with E-state index in [1.165, 1.54) is 0 Å². The molecule has 1 aromatic rings. The number of hydrogen-bond acceptors (Lipinski definition) is 1. The van der Waals surface area contributed by atoms with E-state index >= 15 is 0 Å². The Kier molecular flexibility index (Phi) is 2.36. The van der Waals surface area contributed by atoms with E-state index in [4.69, 9.17) is 11.6 Å². The third-order valence-electron chi connectivity index (χ3n) is 2.78. The van der Waals surface area contributed by atoms with Gasteiger partial charge in [-0.3, -0.25) is 4.79 Å². The summed E-state index contributed by atoms with van der Waals surface area (Å²) in [5.41, 5.74) is 1.05. The van der Waals surface area contributed by atoms with Crippen molar-refractivity contribution in [3.8, 4) is 0 Å². The highest BCUT2D eigenvalue weighted by atomic mass is 35.5. The minimum atomic E-state index is -0.285. The third kappa shape index (κ3) is 1.69. The molecule has 0 aromatic heterocycles. The molecule has 0 N–H and O–H groups in total. The summed E-state index contributed by atoms with van der Waals surface area (Å²) in [5, 5.41) is 0. The lowest BCUT2D eigenvalue weighted by molar-refractivity contribution is -0.118. The van der Waals surface area contributed by atoms with E-state index in [-0.39, 0.29) is 16.6 Å². The summed E-state index contributed by atoms with van der Waals surface area (Å²) in [6, 6.07) is 9.82. The van der Waals surface area contributed by atoms with Gasteiger partial charge in [0.15, 0.2) is 0 Å². The fraction of sp³-hybridized carbons (Fsp3) is 0.417. The number of rotatable bonds is 3. The number of benzene rings is 1. The van der Waals surface area contributed by atoms with Gasteiger partial charge >= 0.3 is 0 Å². The lowest BCUT2D eigenvalue weighted by Gasteiger charge is -2.18. The molecule has 0 saturated heterocycles. The van der Waals surface area contributed by atoms with Gasteiger partial charge in [0, 0.05) is 0 Å². The Hall–Kier alpha value is -0.820. The second-order valence-corrected chi connectivity index (χ2v) is 4.74. The van der Waals surface area contributed by atoms with Gasteiger partial charge in [-0.2, -0.15) is 0 Å². The molecule has 0 bridgehead atoms. The number of carbonyl (C=O) groups excluding carboxylic acids is 1. The van der Waals surface area contributed by atoms with Gasteiger partial charge in [-0.05, 0) is 25.3 Å². The van der Waals surface area contributed by atoms with Crippen molar-refractivity contribution in [1.82, 2.24) is 0 Å². The highest BCUT2D eigenvalue weighted by Gasteiger charge is 2.50. The van der Waals surface area contributed by atoms with Gasteiger partial charge in [-0.1, -0.05) is 30.3 Å². The Labute approximate surface area is 89.1 Å². The predicted molar refractivity (Wildman–Crippen MR) is 57.7 cm³/mol. The highest BCUT2D eigenvalue weighted by molar-refractivity contribution is 6.28. The normalized spacial score (nSPS) is 20.1. The van der Waals surface area contributed by atoms with Crippen LogP contribution in [0.15, 0.2) is 30.3 Å². The first-order valence-corrected chi connectivity index (χ1v) is 5.25. The van der Waals surface area contributed by atoms with Crippen molar-refractivity contribution in [1.29, 1.82) is 0 Å². The van der Waals surface area contributed by atoms with Crippen LogP contribution in [0.4, 0.5) is 0 Å². The van der Waals surface area contributed by atoms with Gasteiger partial charge in [0.1, 0.15) is 5.78 Å². The second kappa shape index (κ2) is 3.39. The SMILES string of the molecule is CC(=O)C(c1ccccc1)C1(Cl)CC1. The number of hydrogen-bond donors (Lipinski definition) is 0. The van der Waals surface area contributed by atoms with Gasteiger partial charge in [-0.25, -0.2) is 0 Å². The molecule has 1 unspecified atom stereocenters. The lowest BCUT2D eigenvalue weighted by atomic mass is 9.90. The van der Waals surface area contributed by atoms with Gasteiger partial charge in [0.2, 0.25) is 0 Å². The summed E-state index contributed by atoms with van der Waals surface area (Å²) < 4.78 is 0. The number of halogens is 1. The molecule has 2 rings (SSSR count). The largest absolute Gasteiger partial charge is 0.299 e. The second-order valence-electron chi connectivity index (χ2n) is 3.99. The number of alkyl halides is 1. The van der Waals surface area contributed by atoms with Crippen molar-refractivity contribution in [2.45, 2.75) is 30.6 Å². The Morgan fingerprint density at radius 2 is 1.93 bits per heavy atom. The predicted octanol–water partition coefficient (Wildman–Crippen LogP) is 3.13. The summed E-state index contributed by atoms with van der Waals surface area (Å²) in [6.45, 7) is 1.63. The maximum atomic E-state index is 11.5. The van der Waals surface area contributed by atoms with Crippen LogP contribution in [0, 0.1) is 0 Å². The molecular formula is C12H13ClO. The van der Waals surface area contributed by atoms with Crippen LogP contribution in [-0.4, -0.2) is 10.7 Å². The zero-order valence-electron chi connectivity index (χ0n) is 8.16. The summed E-state index contributed by atoms with van der Waals surface area (Å²) in [6.07, 6.45) is 1.90. The van der Waals surface area contributed by atoms with E-state index in [0.29, 0.717) is 0 Å². The van der Waals surface area contributed by atoms with Gasteiger partial charge in [-0.15, -0.1) is 11.6 Å². The van der Waals surface area contributed by atoms with Crippen LogP contribution in [0.5, 0.6) is 0 Å². The van der Waals surface area contributed by atoms with Crippen molar-refractivity contribution < 1.29 is 4.79 Å². The zero-order valence-corrected chi connectivity index (χ0v) is 8.92. The van der Waals surface area contributed by atoms with Crippen LogP contribution in [0.1, 0.15) is 31.2 Å². The summed E-state index contributed by atoms with van der Waals surface area (Å²) in [4.78, 5) is 11.3. The van der Waals surface area contributed by atoms with Crippen molar-refractivity contribution in [3.05, 3.63) is 35.9 Å². The fourth-order valence-corrected chi connectivity index (χ4v) is 2.33. The summed E-state index contributed by atoms with van der Waals surface area (Å²) in [7, 11) is 0. The van der Waals surface area contributed by atoms with E-state index < -0.39 is 0 Å². The number of carbonyl (C=O) groups is 1. The van der Waals surface area contributed by atoms with E-state index in [0.717, 1.165) is 18.4 Å². The van der Waals surface area contributed by atoms with Gasteiger partial charge in [0.05, 0.1) is 10.8 Å². The lowest BCUT2D eigenvalue weighted by Crippen LogP contribution is -2.21. The average Bonchev–Trinajstić information content (AvgIpc) is 2.85. The summed E-state index contributed by atoms with van der Waals surface area (Å²) >= 11 is 6.32. The first-order chi connectivity index (χ1) is 6.63. The van der Waals surface area contributed by atoms with Crippen molar-refractivity contribution in [2.24, 2.45) is 0 Å². The van der Waals surface area contributed by atoms with Gasteiger partial charge in [0.25, 0.3) is 0 Å². The molecule has 1 aliphatic rings. The Morgan fingerprint density at radius 3 is 2.36 bits per heavy atom. The molecular weight excluding hydrogens is 196 g/mol. The van der Waals surface area contributed by atoms with Crippen LogP contribution >= 0.6 is 11.6 Å². The Bertz CT molecular complexity index is 341. The fourth-order valence-electron chi connectivity index (χ4n) is 1.95. The van der Waals surface area contributed by atoms with Crippen LogP contribution in [-0.2, 0) is 4.79 Å². The van der Waals surface area contributed by atoms with Gasteiger partial charge < -0.3 is 0 Å². The third-order valence-corrected chi connectivity index (χ3v) is 3.38. The average molecular weight is 209 g/mol. The maximum absolute atomic E-state index is 11.5. The van der Waals surface area contributed by atoms with Crippen molar-refractivity contribution in [3.63, 3.8) is 0 Å². The minimum absolute atomic E-state index is 0.120. The molecule has 74 valence electrons. The van der Waals surface area contributed by atoms with E-state index in [9.17, 15) is 4.79 Å². The molecule has 1 atom stereocenters. The van der Waals surface area contributed by atoms with Crippen molar-refractivity contribution >= 4 is 17.4 Å². The molecule has 0 aliphatic heterocycles. The topological polar surface area (TPSA) is 17.1 Å². The van der Waals surface area contributed by atoms with E-state index in [2.05, 4.69) is 0 Å². The molecule has 2 heteroatoms. The molecule has 0 spiro atoms. The molecule has 0 radical (unpaired) electrons. The minimum Gasteiger partial charge on any atom is -0.299 e. The van der Waals surface area contributed by atoms with Crippen LogP contribution in [0.2, 0.25) is 0 Å². The molecule has 1 fully saturated rings. The van der Waals surface area contributed by atoms with E-state index in [1.54, 1.807) is 6.92 Å². The summed E-state index contributed by atoms with van der Waals surface area (Å²) in [5.74, 6) is 0.0501. The molecule has 0 amide bonds. The maximum Gasteiger partial charge on any atom is 0.139 e. The monoisotopic (exact) mass is 208 g/mol. The molecule has 1 aromatic carbocycles. The molecule has 1 aliphatic carbocycles. The Balaban J connectivity index is 2.33. The van der Waals surface area contributed by atoms with Crippen molar-refractivity contribution in [2.75, 3.05) is 0 Å². The highest BCUT2D eigenvalue weighted by Crippen LogP contribution is 2.53. The number of ketones is 1. The van der Waals surface area contributed by atoms with Crippen LogP contribution < -0.4 is 0 Å². The molecule has 1 nitrogen and oxygen atoms in total. The molecule has 1 saturated carbocycles. The van der Waals surface area contributed by atoms with Crippen LogP contribution in [0.25, 0.3) is 0 Å². The molecule has 14 heavy (non-hydrogen) atoms. The quantitative estimate of drug-likeness (QED) is 0.698. The van der Waals surface area contributed by atoms with Crippen LogP contribution in [0.3, 0.4) is 0 Å². The molecule has 0 heterocycles. The first-order valence-electron chi connectivity index (χ1n) is 4.88. The number of Topliss-reactive ketones (excluding diaryl/α,β-unsaturated/α-hetero) is 1. The Morgan fingerprint density at radius 1 is 1.36 bits per heavy atom. The first kappa shape index (κ1) is 9.72. The van der Waals surface area contributed by atoms with E-state index in [1.807, 2.05) is 30.3 Å².